The van der Waals surface area contributed by atoms with Crippen molar-refractivity contribution in [1.82, 2.24) is 0 Å². The molecule has 0 fully saturated rings. The van der Waals surface area contributed by atoms with Gasteiger partial charge in [0.2, 0.25) is 5.91 Å². The fourth-order valence-electron chi connectivity index (χ4n) is 1.80. The van der Waals surface area contributed by atoms with Gasteiger partial charge in [0.1, 0.15) is 12.3 Å². The molecule has 0 atom stereocenters. The molecule has 122 valence electrons. The Kier molecular flexibility index (Phi) is 7.89. The van der Waals surface area contributed by atoms with E-state index in [2.05, 4.69) is 15.6 Å². The number of rotatable bonds is 5. The first kappa shape index (κ1) is 18.8. The number of anilines is 2. The highest BCUT2D eigenvalue weighted by Gasteiger charge is 2.04. The van der Waals surface area contributed by atoms with Crippen LogP contribution in [0.1, 0.15) is 0 Å². The molecule has 0 radical (unpaired) electrons. The van der Waals surface area contributed by atoms with Gasteiger partial charge < -0.3 is 21.1 Å². The van der Waals surface area contributed by atoms with Crippen LogP contribution in [0.4, 0.5) is 11.4 Å². The van der Waals surface area contributed by atoms with Crippen LogP contribution >= 0.6 is 24.0 Å². The number of amides is 1. The van der Waals surface area contributed by atoms with Crippen LogP contribution in [0.15, 0.2) is 59.6 Å². The van der Waals surface area contributed by atoms with Crippen molar-refractivity contribution < 1.29 is 9.53 Å². The third kappa shape index (κ3) is 6.15. The summed E-state index contributed by atoms with van der Waals surface area (Å²) in [5, 5.41) is 5.63. The fraction of sp³-hybridized carbons (Fsp3) is 0.125. The second kappa shape index (κ2) is 9.67. The van der Waals surface area contributed by atoms with Crippen LogP contribution < -0.4 is 21.1 Å². The lowest BCUT2D eigenvalue weighted by atomic mass is 10.3. The van der Waals surface area contributed by atoms with Crippen molar-refractivity contribution in [1.29, 1.82) is 0 Å². The number of ether oxygens (including phenoxy) is 1. The summed E-state index contributed by atoms with van der Waals surface area (Å²) in [6.45, 7) is -0.0666. The van der Waals surface area contributed by atoms with Gasteiger partial charge in [-0.2, -0.15) is 0 Å². The monoisotopic (exact) mass is 426 g/mol. The fourth-order valence-corrected chi connectivity index (χ4v) is 1.80. The minimum Gasteiger partial charge on any atom is -0.495 e. The van der Waals surface area contributed by atoms with Crippen molar-refractivity contribution in [3.8, 4) is 5.75 Å². The SMILES string of the molecule is COc1ccccc1NC(N)=NCC(=O)Nc1ccccc1.I. The van der Waals surface area contributed by atoms with Gasteiger partial charge >= 0.3 is 0 Å². The first-order chi connectivity index (χ1) is 10.7. The van der Waals surface area contributed by atoms with Crippen molar-refractivity contribution in [3.05, 3.63) is 54.6 Å². The molecule has 0 heterocycles. The third-order valence-electron chi connectivity index (χ3n) is 2.82. The molecule has 7 heteroatoms. The molecule has 0 aliphatic carbocycles. The maximum Gasteiger partial charge on any atom is 0.246 e. The number of guanidine groups is 1. The van der Waals surface area contributed by atoms with E-state index in [9.17, 15) is 4.79 Å². The first-order valence-electron chi connectivity index (χ1n) is 6.74. The highest BCUT2D eigenvalue weighted by atomic mass is 127. The summed E-state index contributed by atoms with van der Waals surface area (Å²) in [4.78, 5) is 15.8. The molecule has 2 aromatic carbocycles. The normalized spacial score (nSPS) is 10.4. The molecule has 0 unspecified atom stereocenters. The Morgan fingerprint density at radius 2 is 1.74 bits per heavy atom. The van der Waals surface area contributed by atoms with Gasteiger partial charge in [-0.3, -0.25) is 4.79 Å². The molecule has 23 heavy (non-hydrogen) atoms. The molecule has 0 bridgehead atoms. The second-order valence-electron chi connectivity index (χ2n) is 4.44. The average molecular weight is 426 g/mol. The van der Waals surface area contributed by atoms with E-state index in [-0.39, 0.29) is 42.4 Å². The smallest absolute Gasteiger partial charge is 0.246 e. The number of nitrogens with two attached hydrogens (primary N) is 1. The van der Waals surface area contributed by atoms with E-state index in [0.29, 0.717) is 11.4 Å². The maximum absolute atomic E-state index is 11.8. The molecular formula is C16H19IN4O2. The highest BCUT2D eigenvalue weighted by molar-refractivity contribution is 14.0. The topological polar surface area (TPSA) is 88.7 Å². The number of carbonyl (C=O) groups is 1. The predicted molar refractivity (Wildman–Crippen MR) is 104 cm³/mol. The van der Waals surface area contributed by atoms with E-state index in [1.54, 1.807) is 25.3 Å². The quantitative estimate of drug-likeness (QED) is 0.390. The summed E-state index contributed by atoms with van der Waals surface area (Å²) in [5.74, 6) is 0.554. The van der Waals surface area contributed by atoms with E-state index < -0.39 is 0 Å². The predicted octanol–water partition coefficient (Wildman–Crippen LogP) is 2.68. The number of benzene rings is 2. The van der Waals surface area contributed by atoms with E-state index in [1.165, 1.54) is 0 Å². The van der Waals surface area contributed by atoms with Gasteiger partial charge in [0.25, 0.3) is 0 Å². The molecule has 0 aromatic heterocycles. The van der Waals surface area contributed by atoms with E-state index in [4.69, 9.17) is 10.5 Å². The van der Waals surface area contributed by atoms with Crippen LogP contribution in [0.3, 0.4) is 0 Å². The van der Waals surface area contributed by atoms with Gasteiger partial charge in [-0.25, -0.2) is 4.99 Å². The molecule has 1 amide bonds. The van der Waals surface area contributed by atoms with Gasteiger partial charge in [0.15, 0.2) is 5.96 Å². The highest BCUT2D eigenvalue weighted by Crippen LogP contribution is 2.22. The first-order valence-corrected chi connectivity index (χ1v) is 6.74. The molecule has 0 saturated heterocycles. The van der Waals surface area contributed by atoms with Crippen molar-refractivity contribution in [2.45, 2.75) is 0 Å². The van der Waals surface area contributed by atoms with Gasteiger partial charge in [-0.05, 0) is 24.3 Å². The summed E-state index contributed by atoms with van der Waals surface area (Å²) >= 11 is 0. The molecule has 0 aliphatic rings. The lowest BCUT2D eigenvalue weighted by Gasteiger charge is -2.10. The number of aliphatic imine (C=N–C) groups is 1. The number of nitrogens with one attached hydrogen (secondary N) is 2. The molecular weight excluding hydrogens is 407 g/mol. The minimum atomic E-state index is -0.240. The van der Waals surface area contributed by atoms with Crippen LogP contribution in [0, 0.1) is 0 Å². The van der Waals surface area contributed by atoms with Crippen LogP contribution in [0.5, 0.6) is 5.75 Å². The third-order valence-corrected chi connectivity index (χ3v) is 2.82. The number of nitrogens with zero attached hydrogens (tertiary/aromatic N) is 1. The largest absolute Gasteiger partial charge is 0.495 e. The molecule has 4 N–H and O–H groups in total. The van der Waals surface area contributed by atoms with Crippen molar-refractivity contribution >= 4 is 47.2 Å². The number of methoxy groups -OCH3 is 1. The lowest BCUT2D eigenvalue weighted by molar-refractivity contribution is -0.114. The zero-order valence-corrected chi connectivity index (χ0v) is 15.0. The lowest BCUT2D eigenvalue weighted by Crippen LogP contribution is -2.25. The van der Waals surface area contributed by atoms with Crippen molar-refractivity contribution in [2.75, 3.05) is 24.3 Å². The molecule has 2 aromatic rings. The van der Waals surface area contributed by atoms with E-state index in [1.807, 2.05) is 36.4 Å². The average Bonchev–Trinajstić information content (AvgIpc) is 2.54. The maximum atomic E-state index is 11.8. The molecule has 2 rings (SSSR count). The summed E-state index contributed by atoms with van der Waals surface area (Å²) in [7, 11) is 1.57. The van der Waals surface area contributed by atoms with Gasteiger partial charge in [-0.15, -0.1) is 24.0 Å². The van der Waals surface area contributed by atoms with Crippen molar-refractivity contribution in [2.24, 2.45) is 10.7 Å². The van der Waals surface area contributed by atoms with Gasteiger partial charge in [-0.1, -0.05) is 30.3 Å². The van der Waals surface area contributed by atoms with Crippen molar-refractivity contribution in [3.63, 3.8) is 0 Å². The summed E-state index contributed by atoms with van der Waals surface area (Å²) in [6.07, 6.45) is 0. The number of halogens is 1. The number of hydrogen-bond donors (Lipinski definition) is 3. The standard InChI is InChI=1S/C16H18N4O2.HI/c1-22-14-10-6-5-9-13(14)20-16(17)18-11-15(21)19-12-7-3-2-4-8-12;/h2-10H,11H2,1H3,(H,19,21)(H3,17,18,20);1H. The van der Waals surface area contributed by atoms with Crippen LogP contribution in [-0.2, 0) is 4.79 Å². The van der Waals surface area contributed by atoms with Crippen LogP contribution in [0.2, 0.25) is 0 Å². The number of hydrogen-bond acceptors (Lipinski definition) is 3. The Morgan fingerprint density at radius 3 is 2.43 bits per heavy atom. The molecule has 0 saturated carbocycles. The van der Waals surface area contributed by atoms with E-state index in [0.717, 1.165) is 5.69 Å². The van der Waals surface area contributed by atoms with Crippen LogP contribution in [-0.4, -0.2) is 25.5 Å². The Morgan fingerprint density at radius 1 is 1.09 bits per heavy atom. The van der Waals surface area contributed by atoms with Crippen LogP contribution in [0.25, 0.3) is 0 Å². The Balaban J connectivity index is 0.00000264. The molecule has 0 aliphatic heterocycles. The Hall–Kier alpha value is -2.29. The zero-order chi connectivity index (χ0) is 15.8. The van der Waals surface area contributed by atoms with Gasteiger partial charge in [0.05, 0.1) is 12.8 Å². The zero-order valence-electron chi connectivity index (χ0n) is 12.7. The minimum absolute atomic E-state index is 0. The van der Waals surface area contributed by atoms with Gasteiger partial charge in [0, 0.05) is 5.69 Å². The molecule has 6 nitrogen and oxygen atoms in total. The molecule has 0 spiro atoms. The summed E-state index contributed by atoms with van der Waals surface area (Å²) < 4.78 is 5.20. The van der Waals surface area contributed by atoms with E-state index >= 15 is 0 Å². The number of para-hydroxylation sites is 3. The second-order valence-corrected chi connectivity index (χ2v) is 4.44. The Labute approximate surface area is 152 Å². The summed E-state index contributed by atoms with van der Waals surface area (Å²) in [6, 6.07) is 16.5. The Bertz CT molecular complexity index is 662. The number of carbonyl (C=O) groups excluding carboxylic acids is 1. The summed E-state index contributed by atoms with van der Waals surface area (Å²) in [5.41, 5.74) is 7.19.